The molecular weight excluding hydrogens is 289 g/mol. The first-order valence-corrected chi connectivity index (χ1v) is 5.87. The third kappa shape index (κ3) is 4.20. The number of carboxylic acids is 1. The standard InChI is InChI=1S/C12H11F3N4O2/c13-12(14,15)7-2-1-3-8(4-7)16-6-10-17-9(18-19-10)5-11(20)21/h1-4,16H,5-6H2,(H,20,21)(H,17,18,19). The second-order valence-electron chi connectivity index (χ2n) is 4.20. The number of halogens is 3. The van der Waals surface area contributed by atoms with E-state index in [0.717, 1.165) is 12.1 Å². The highest BCUT2D eigenvalue weighted by Crippen LogP contribution is 2.30. The molecule has 0 saturated carbocycles. The second-order valence-corrected chi connectivity index (χ2v) is 4.20. The maximum Gasteiger partial charge on any atom is 0.416 e. The summed E-state index contributed by atoms with van der Waals surface area (Å²) >= 11 is 0. The molecule has 2 rings (SSSR count). The molecule has 0 spiro atoms. The number of nitrogens with one attached hydrogen (secondary N) is 2. The van der Waals surface area contributed by atoms with Gasteiger partial charge in [-0.1, -0.05) is 6.07 Å². The molecule has 0 aliphatic heterocycles. The number of carboxylic acid groups (broad SMARTS) is 1. The first-order valence-electron chi connectivity index (χ1n) is 5.87. The van der Waals surface area contributed by atoms with Crippen molar-refractivity contribution in [3.8, 4) is 0 Å². The maximum atomic E-state index is 12.5. The predicted molar refractivity (Wildman–Crippen MR) is 66.5 cm³/mol. The van der Waals surface area contributed by atoms with Gasteiger partial charge >= 0.3 is 12.1 Å². The number of hydrogen-bond donors (Lipinski definition) is 3. The topological polar surface area (TPSA) is 90.9 Å². The van der Waals surface area contributed by atoms with Crippen LogP contribution in [0.15, 0.2) is 24.3 Å². The number of carbonyl (C=O) groups is 1. The quantitative estimate of drug-likeness (QED) is 0.786. The lowest BCUT2D eigenvalue weighted by atomic mass is 10.2. The molecule has 0 amide bonds. The summed E-state index contributed by atoms with van der Waals surface area (Å²) in [4.78, 5) is 14.4. The van der Waals surface area contributed by atoms with E-state index in [2.05, 4.69) is 20.5 Å². The predicted octanol–water partition coefficient (Wildman–Crippen LogP) is 2.06. The van der Waals surface area contributed by atoms with E-state index in [1.54, 1.807) is 0 Å². The molecule has 6 nitrogen and oxygen atoms in total. The van der Waals surface area contributed by atoms with Crippen LogP contribution in [0.1, 0.15) is 17.2 Å². The fourth-order valence-electron chi connectivity index (χ4n) is 1.62. The number of benzene rings is 1. The monoisotopic (exact) mass is 300 g/mol. The number of H-pyrrole nitrogens is 1. The number of alkyl halides is 3. The van der Waals surface area contributed by atoms with E-state index in [0.29, 0.717) is 5.82 Å². The van der Waals surface area contributed by atoms with Crippen molar-refractivity contribution in [1.29, 1.82) is 0 Å². The van der Waals surface area contributed by atoms with E-state index in [1.807, 2.05) is 0 Å². The van der Waals surface area contributed by atoms with E-state index in [-0.39, 0.29) is 24.5 Å². The largest absolute Gasteiger partial charge is 0.481 e. The number of anilines is 1. The van der Waals surface area contributed by atoms with Crippen molar-refractivity contribution in [3.63, 3.8) is 0 Å². The van der Waals surface area contributed by atoms with Gasteiger partial charge in [0.05, 0.1) is 12.1 Å². The van der Waals surface area contributed by atoms with Crippen LogP contribution in [0.2, 0.25) is 0 Å². The van der Waals surface area contributed by atoms with Gasteiger partial charge in [0.15, 0.2) is 5.82 Å². The van der Waals surface area contributed by atoms with Crippen LogP contribution in [-0.4, -0.2) is 26.3 Å². The van der Waals surface area contributed by atoms with Crippen LogP contribution < -0.4 is 5.32 Å². The molecule has 1 aromatic heterocycles. The highest BCUT2D eigenvalue weighted by atomic mass is 19.4. The summed E-state index contributed by atoms with van der Waals surface area (Å²) in [6.07, 6.45) is -4.72. The number of nitrogens with zero attached hydrogens (tertiary/aromatic N) is 2. The summed E-state index contributed by atoms with van der Waals surface area (Å²) in [7, 11) is 0. The first kappa shape index (κ1) is 14.8. The molecule has 0 unspecified atom stereocenters. The van der Waals surface area contributed by atoms with E-state index >= 15 is 0 Å². The van der Waals surface area contributed by atoms with E-state index in [4.69, 9.17) is 5.11 Å². The van der Waals surface area contributed by atoms with Crippen LogP contribution in [0.4, 0.5) is 18.9 Å². The Morgan fingerprint density at radius 3 is 2.81 bits per heavy atom. The average Bonchev–Trinajstić information content (AvgIpc) is 2.82. The summed E-state index contributed by atoms with van der Waals surface area (Å²) in [5.74, 6) is -0.613. The minimum absolute atomic E-state index is 0.105. The van der Waals surface area contributed by atoms with Crippen molar-refractivity contribution < 1.29 is 23.1 Å². The Hall–Kier alpha value is -2.58. The van der Waals surface area contributed by atoms with Crippen molar-refractivity contribution in [2.45, 2.75) is 19.1 Å². The minimum atomic E-state index is -4.40. The SMILES string of the molecule is O=C(O)Cc1n[nH]c(CNc2cccc(C(F)(F)F)c2)n1. The molecule has 1 heterocycles. The highest BCUT2D eigenvalue weighted by molar-refractivity contribution is 5.68. The van der Waals surface area contributed by atoms with E-state index < -0.39 is 17.7 Å². The molecule has 0 radical (unpaired) electrons. The average molecular weight is 300 g/mol. The lowest BCUT2D eigenvalue weighted by Gasteiger charge is -2.09. The lowest BCUT2D eigenvalue weighted by molar-refractivity contribution is -0.138. The molecule has 112 valence electrons. The Kier molecular flexibility index (Phi) is 4.10. The smallest absolute Gasteiger partial charge is 0.416 e. The Bertz CT molecular complexity index is 639. The van der Waals surface area contributed by atoms with Gasteiger partial charge in [-0.3, -0.25) is 9.89 Å². The van der Waals surface area contributed by atoms with E-state index in [9.17, 15) is 18.0 Å². The molecule has 0 saturated heterocycles. The molecule has 9 heteroatoms. The third-order valence-corrected chi connectivity index (χ3v) is 2.54. The van der Waals surface area contributed by atoms with Gasteiger partial charge in [0.25, 0.3) is 0 Å². The Balaban J connectivity index is 2.00. The van der Waals surface area contributed by atoms with Crippen LogP contribution in [0.25, 0.3) is 0 Å². The Morgan fingerprint density at radius 2 is 2.14 bits per heavy atom. The number of rotatable bonds is 5. The van der Waals surface area contributed by atoms with Gasteiger partial charge < -0.3 is 10.4 Å². The normalized spacial score (nSPS) is 11.4. The van der Waals surface area contributed by atoms with Crippen LogP contribution in [-0.2, 0) is 23.9 Å². The van der Waals surface area contributed by atoms with Crippen LogP contribution in [0.5, 0.6) is 0 Å². The molecule has 3 N–H and O–H groups in total. The van der Waals surface area contributed by atoms with Gasteiger partial charge in [-0.2, -0.15) is 18.3 Å². The van der Waals surface area contributed by atoms with Crippen LogP contribution >= 0.6 is 0 Å². The maximum absolute atomic E-state index is 12.5. The zero-order valence-corrected chi connectivity index (χ0v) is 10.6. The highest BCUT2D eigenvalue weighted by Gasteiger charge is 2.30. The van der Waals surface area contributed by atoms with Gasteiger partial charge in [0, 0.05) is 5.69 Å². The zero-order chi connectivity index (χ0) is 15.5. The molecule has 0 fully saturated rings. The van der Waals surface area contributed by atoms with Crippen LogP contribution in [0.3, 0.4) is 0 Å². The fraction of sp³-hybridized carbons (Fsp3) is 0.250. The van der Waals surface area contributed by atoms with Crippen molar-refractivity contribution in [3.05, 3.63) is 41.5 Å². The number of aliphatic carboxylic acids is 1. The van der Waals surface area contributed by atoms with Gasteiger partial charge in [-0.25, -0.2) is 4.98 Å². The first-order chi connectivity index (χ1) is 9.84. The van der Waals surface area contributed by atoms with Crippen molar-refractivity contribution >= 4 is 11.7 Å². The summed E-state index contributed by atoms with van der Waals surface area (Å²) in [5, 5.41) is 17.5. The molecule has 2 aromatic rings. The molecule has 21 heavy (non-hydrogen) atoms. The lowest BCUT2D eigenvalue weighted by Crippen LogP contribution is -2.07. The van der Waals surface area contributed by atoms with Crippen molar-refractivity contribution in [2.75, 3.05) is 5.32 Å². The molecule has 0 bridgehead atoms. The van der Waals surface area contributed by atoms with Crippen LogP contribution in [0, 0.1) is 0 Å². The number of hydrogen-bond acceptors (Lipinski definition) is 4. The summed E-state index contributed by atoms with van der Waals surface area (Å²) in [6, 6.07) is 4.74. The molecular formula is C12H11F3N4O2. The second kappa shape index (κ2) is 5.81. The van der Waals surface area contributed by atoms with Gasteiger partial charge in [0.1, 0.15) is 12.2 Å². The van der Waals surface area contributed by atoms with Gasteiger partial charge in [-0.15, -0.1) is 0 Å². The third-order valence-electron chi connectivity index (χ3n) is 2.54. The molecule has 1 aromatic carbocycles. The van der Waals surface area contributed by atoms with Gasteiger partial charge in [-0.05, 0) is 18.2 Å². The van der Waals surface area contributed by atoms with Crippen molar-refractivity contribution in [2.24, 2.45) is 0 Å². The fourth-order valence-corrected chi connectivity index (χ4v) is 1.62. The summed E-state index contributed by atoms with van der Waals surface area (Å²) < 4.78 is 37.6. The van der Waals surface area contributed by atoms with Crippen molar-refractivity contribution in [1.82, 2.24) is 15.2 Å². The molecule has 0 aliphatic carbocycles. The Morgan fingerprint density at radius 1 is 1.38 bits per heavy atom. The minimum Gasteiger partial charge on any atom is -0.481 e. The number of aromatic amines is 1. The van der Waals surface area contributed by atoms with E-state index in [1.165, 1.54) is 12.1 Å². The molecule has 0 aliphatic rings. The van der Waals surface area contributed by atoms with Gasteiger partial charge in [0.2, 0.25) is 0 Å². The number of aromatic nitrogens is 3. The zero-order valence-electron chi connectivity index (χ0n) is 10.6. The summed E-state index contributed by atoms with van der Waals surface area (Å²) in [6.45, 7) is 0.105. The summed E-state index contributed by atoms with van der Waals surface area (Å²) in [5.41, 5.74) is -0.474. The molecule has 0 atom stereocenters. The Labute approximate surface area is 117 Å².